The SMILES string of the molecule is COc1ccc(C(NC(=O)CNC(C)(C)c2ccc3c(c2)OCO3)c2ccc(OC)cc2)cc1. The van der Waals surface area contributed by atoms with Gasteiger partial charge in [-0.05, 0) is 66.9 Å². The molecule has 0 radical (unpaired) electrons. The monoisotopic (exact) mass is 462 g/mol. The van der Waals surface area contributed by atoms with Crippen LogP contribution in [-0.2, 0) is 10.3 Å². The molecule has 178 valence electrons. The van der Waals surface area contributed by atoms with E-state index < -0.39 is 5.54 Å². The molecule has 0 fully saturated rings. The van der Waals surface area contributed by atoms with Crippen LogP contribution in [0.1, 0.15) is 36.6 Å². The molecule has 0 saturated heterocycles. The van der Waals surface area contributed by atoms with Crippen molar-refractivity contribution >= 4 is 5.91 Å². The lowest BCUT2D eigenvalue weighted by Crippen LogP contribution is -2.44. The topological polar surface area (TPSA) is 78.1 Å². The third kappa shape index (κ3) is 5.26. The van der Waals surface area contributed by atoms with Gasteiger partial charge in [-0.3, -0.25) is 10.1 Å². The van der Waals surface area contributed by atoms with E-state index in [0.29, 0.717) is 0 Å². The minimum atomic E-state index is -0.450. The van der Waals surface area contributed by atoms with E-state index in [2.05, 4.69) is 10.6 Å². The van der Waals surface area contributed by atoms with Crippen molar-refractivity contribution in [3.63, 3.8) is 0 Å². The molecule has 7 nitrogen and oxygen atoms in total. The third-order valence-electron chi connectivity index (χ3n) is 5.99. The molecule has 0 aromatic heterocycles. The van der Waals surface area contributed by atoms with Crippen LogP contribution in [-0.4, -0.2) is 33.5 Å². The van der Waals surface area contributed by atoms with Gasteiger partial charge in [0.25, 0.3) is 0 Å². The fourth-order valence-corrected chi connectivity index (χ4v) is 3.85. The van der Waals surface area contributed by atoms with Crippen LogP contribution in [0.2, 0.25) is 0 Å². The molecule has 0 bridgehead atoms. The molecular formula is C27H30N2O5. The van der Waals surface area contributed by atoms with E-state index in [4.69, 9.17) is 18.9 Å². The van der Waals surface area contributed by atoms with Gasteiger partial charge in [0.2, 0.25) is 12.7 Å². The maximum atomic E-state index is 13.0. The van der Waals surface area contributed by atoms with Gasteiger partial charge in [0.05, 0.1) is 26.8 Å². The second-order valence-corrected chi connectivity index (χ2v) is 8.59. The minimum absolute atomic E-state index is 0.120. The van der Waals surface area contributed by atoms with Crippen molar-refractivity contribution in [1.29, 1.82) is 0 Å². The molecule has 0 unspecified atom stereocenters. The number of hydrogen-bond donors (Lipinski definition) is 2. The Morgan fingerprint density at radius 1 is 0.882 bits per heavy atom. The molecular weight excluding hydrogens is 432 g/mol. The summed E-state index contributed by atoms with van der Waals surface area (Å²) in [7, 11) is 3.26. The number of carbonyl (C=O) groups excluding carboxylic acids is 1. The zero-order valence-corrected chi connectivity index (χ0v) is 19.9. The highest BCUT2D eigenvalue weighted by Crippen LogP contribution is 2.35. The number of benzene rings is 3. The van der Waals surface area contributed by atoms with Crippen molar-refractivity contribution in [2.45, 2.75) is 25.4 Å². The molecule has 1 heterocycles. The zero-order valence-electron chi connectivity index (χ0n) is 19.9. The molecule has 1 amide bonds. The van der Waals surface area contributed by atoms with Crippen molar-refractivity contribution in [2.24, 2.45) is 0 Å². The smallest absolute Gasteiger partial charge is 0.234 e. The first-order valence-corrected chi connectivity index (χ1v) is 11.1. The van der Waals surface area contributed by atoms with E-state index in [0.717, 1.165) is 39.7 Å². The number of carbonyl (C=O) groups is 1. The van der Waals surface area contributed by atoms with Gasteiger partial charge >= 0.3 is 0 Å². The predicted molar refractivity (Wildman–Crippen MR) is 130 cm³/mol. The number of nitrogens with one attached hydrogen (secondary N) is 2. The van der Waals surface area contributed by atoms with Crippen molar-refractivity contribution in [3.8, 4) is 23.0 Å². The summed E-state index contributed by atoms with van der Waals surface area (Å²) in [5.74, 6) is 2.85. The number of rotatable bonds is 9. The molecule has 1 aliphatic rings. The van der Waals surface area contributed by atoms with Gasteiger partial charge < -0.3 is 24.3 Å². The Bertz CT molecular complexity index is 1080. The first-order valence-electron chi connectivity index (χ1n) is 11.1. The molecule has 3 aromatic carbocycles. The lowest BCUT2D eigenvalue weighted by Gasteiger charge is -2.28. The summed E-state index contributed by atoms with van der Waals surface area (Å²) in [6.07, 6.45) is 0. The number of methoxy groups -OCH3 is 2. The molecule has 4 rings (SSSR count). The molecule has 0 atom stereocenters. The normalized spacial score (nSPS) is 12.5. The highest BCUT2D eigenvalue weighted by atomic mass is 16.7. The summed E-state index contributed by atoms with van der Waals surface area (Å²) in [6, 6.07) is 20.9. The maximum absolute atomic E-state index is 13.0. The van der Waals surface area contributed by atoms with Crippen LogP contribution in [0, 0.1) is 0 Å². The summed E-state index contributed by atoms with van der Waals surface area (Å²) < 4.78 is 21.5. The van der Waals surface area contributed by atoms with Crippen molar-refractivity contribution in [2.75, 3.05) is 27.6 Å². The van der Waals surface area contributed by atoms with E-state index in [1.165, 1.54) is 0 Å². The number of amides is 1. The van der Waals surface area contributed by atoms with Gasteiger partial charge in [0.15, 0.2) is 11.5 Å². The van der Waals surface area contributed by atoms with E-state index in [-0.39, 0.29) is 25.3 Å². The lowest BCUT2D eigenvalue weighted by atomic mass is 9.93. The number of fused-ring (bicyclic) bond motifs is 1. The van der Waals surface area contributed by atoms with E-state index in [1.807, 2.05) is 80.6 Å². The van der Waals surface area contributed by atoms with Crippen LogP contribution < -0.4 is 29.6 Å². The largest absolute Gasteiger partial charge is 0.497 e. The zero-order chi connectivity index (χ0) is 24.1. The molecule has 34 heavy (non-hydrogen) atoms. The van der Waals surface area contributed by atoms with Gasteiger partial charge in [-0.25, -0.2) is 0 Å². The fraction of sp³-hybridized carbons (Fsp3) is 0.296. The Morgan fingerprint density at radius 3 is 2.00 bits per heavy atom. The fourth-order valence-electron chi connectivity index (χ4n) is 3.85. The van der Waals surface area contributed by atoms with Crippen LogP contribution in [0.4, 0.5) is 0 Å². The molecule has 1 aliphatic heterocycles. The second-order valence-electron chi connectivity index (χ2n) is 8.59. The first kappa shape index (κ1) is 23.4. The van der Waals surface area contributed by atoms with Crippen LogP contribution in [0.5, 0.6) is 23.0 Å². The van der Waals surface area contributed by atoms with Gasteiger partial charge in [-0.2, -0.15) is 0 Å². The summed E-state index contributed by atoms with van der Waals surface area (Å²) in [4.78, 5) is 13.0. The van der Waals surface area contributed by atoms with Gasteiger partial charge in [-0.1, -0.05) is 30.3 Å². The summed E-state index contributed by atoms with van der Waals surface area (Å²) in [5, 5.41) is 6.53. The maximum Gasteiger partial charge on any atom is 0.234 e. The van der Waals surface area contributed by atoms with Crippen molar-refractivity contribution in [1.82, 2.24) is 10.6 Å². The van der Waals surface area contributed by atoms with E-state index in [1.54, 1.807) is 14.2 Å². The van der Waals surface area contributed by atoms with Gasteiger partial charge in [0, 0.05) is 5.54 Å². The van der Waals surface area contributed by atoms with Gasteiger partial charge in [-0.15, -0.1) is 0 Å². The number of hydrogen-bond acceptors (Lipinski definition) is 6. The van der Waals surface area contributed by atoms with E-state index >= 15 is 0 Å². The van der Waals surface area contributed by atoms with Crippen LogP contribution in [0.15, 0.2) is 66.7 Å². The molecule has 0 aliphatic carbocycles. The summed E-state index contributed by atoms with van der Waals surface area (Å²) in [6.45, 7) is 4.43. The quantitative estimate of drug-likeness (QED) is 0.497. The Morgan fingerprint density at radius 2 is 1.44 bits per heavy atom. The molecule has 3 aromatic rings. The van der Waals surface area contributed by atoms with Crippen LogP contribution >= 0.6 is 0 Å². The van der Waals surface area contributed by atoms with Crippen LogP contribution in [0.3, 0.4) is 0 Å². The second kappa shape index (κ2) is 10.1. The standard InChI is InChI=1S/C27H30N2O5/c1-27(2,20-9-14-23-24(15-20)34-17-33-23)28-16-25(30)29-26(18-5-10-21(31-3)11-6-18)19-7-12-22(32-4)13-8-19/h5-15,26,28H,16-17H2,1-4H3,(H,29,30). The Labute approximate surface area is 200 Å². The third-order valence-corrected chi connectivity index (χ3v) is 5.99. The highest BCUT2D eigenvalue weighted by molar-refractivity contribution is 5.79. The average molecular weight is 463 g/mol. The molecule has 2 N–H and O–H groups in total. The predicted octanol–water partition coefficient (Wildman–Crippen LogP) is 4.16. The number of ether oxygens (including phenoxy) is 4. The minimum Gasteiger partial charge on any atom is -0.497 e. The lowest BCUT2D eigenvalue weighted by molar-refractivity contribution is -0.121. The summed E-state index contributed by atoms with van der Waals surface area (Å²) >= 11 is 0. The van der Waals surface area contributed by atoms with Gasteiger partial charge in [0.1, 0.15) is 11.5 Å². The van der Waals surface area contributed by atoms with Crippen molar-refractivity contribution in [3.05, 3.63) is 83.4 Å². The van der Waals surface area contributed by atoms with E-state index in [9.17, 15) is 4.79 Å². The molecule has 0 saturated carbocycles. The Hall–Kier alpha value is -3.71. The Kier molecular flexibility index (Phi) is 6.93. The Balaban J connectivity index is 1.48. The first-order chi connectivity index (χ1) is 16.4. The highest BCUT2D eigenvalue weighted by Gasteiger charge is 2.25. The average Bonchev–Trinajstić information content (AvgIpc) is 3.34. The summed E-state index contributed by atoms with van der Waals surface area (Å²) in [5.41, 5.74) is 2.46. The molecule has 7 heteroatoms. The van der Waals surface area contributed by atoms with Crippen LogP contribution in [0.25, 0.3) is 0 Å². The van der Waals surface area contributed by atoms with Crippen molar-refractivity contribution < 1.29 is 23.7 Å². The molecule has 0 spiro atoms.